The van der Waals surface area contributed by atoms with E-state index in [9.17, 15) is 39.0 Å². The zero-order valence-corrected chi connectivity index (χ0v) is 52.2. The first kappa shape index (κ1) is 60.3. The average Bonchev–Trinajstić information content (AvgIpc) is 1.31. The largest absolute Gasteiger partial charge is 0.481 e. The number of benzene rings is 1. The van der Waals surface area contributed by atoms with Crippen molar-refractivity contribution in [2.75, 3.05) is 26.0 Å². The van der Waals surface area contributed by atoms with Crippen LogP contribution in [0.2, 0.25) is 0 Å². The summed E-state index contributed by atoms with van der Waals surface area (Å²) in [6.07, 6.45) is 1.49. The highest BCUT2D eigenvalue weighted by molar-refractivity contribution is 7.15. The number of ether oxygens (including phenoxy) is 1. The van der Waals surface area contributed by atoms with Gasteiger partial charge in [0.15, 0.2) is 5.78 Å². The molecule has 86 heavy (non-hydrogen) atoms. The minimum Gasteiger partial charge on any atom is -0.481 e. The van der Waals surface area contributed by atoms with Crippen LogP contribution in [0.4, 0.5) is 5.82 Å². The van der Waals surface area contributed by atoms with Crippen molar-refractivity contribution in [2.45, 2.75) is 103 Å². The molecule has 0 radical (unpaired) electrons. The molecule has 4 atom stereocenters. The number of pyridine rings is 1. The number of thiazole rings is 6. The number of aryl methyl sites for hydroxylation is 1. The molecule has 446 valence electrons. The molecule has 27 heteroatoms. The predicted octanol–water partition coefficient (Wildman–Crippen LogP) is 10.4. The lowest BCUT2D eigenvalue weighted by Gasteiger charge is -2.50. The summed E-state index contributed by atoms with van der Waals surface area (Å²) in [5.41, 5.74) is 2.54. The number of amides is 4. The topological polar surface area (TPSA) is 302 Å². The molecule has 1 aliphatic heterocycles. The molecule has 8 heterocycles. The van der Waals surface area contributed by atoms with E-state index in [2.05, 4.69) is 33.2 Å². The third-order valence-corrected chi connectivity index (χ3v) is 21.9. The molecule has 0 saturated heterocycles. The van der Waals surface area contributed by atoms with Gasteiger partial charge in [0.25, 0.3) is 5.91 Å². The van der Waals surface area contributed by atoms with E-state index < -0.39 is 46.8 Å². The Morgan fingerprint density at radius 2 is 1.42 bits per heavy atom. The van der Waals surface area contributed by atoms with E-state index >= 15 is 0 Å². The van der Waals surface area contributed by atoms with Gasteiger partial charge in [0.05, 0.1) is 52.3 Å². The number of nitrogens with zero attached hydrogens (tertiary/aromatic N) is 7. The maximum absolute atomic E-state index is 14.4. The van der Waals surface area contributed by atoms with Crippen molar-refractivity contribution >= 4 is 115 Å². The zero-order chi connectivity index (χ0) is 60.6. The summed E-state index contributed by atoms with van der Waals surface area (Å²) in [6.45, 7) is 10.0. The van der Waals surface area contributed by atoms with Crippen LogP contribution in [0.3, 0.4) is 0 Å². The Kier molecular flexibility index (Phi) is 17.6. The van der Waals surface area contributed by atoms with Gasteiger partial charge in [-0.25, -0.2) is 34.9 Å². The Hall–Kier alpha value is -7.37. The molecule has 12 rings (SSSR count). The number of carbonyl (C=O) groups is 6. The lowest BCUT2D eigenvalue weighted by atomic mass is 9.53. The van der Waals surface area contributed by atoms with Gasteiger partial charge in [0.2, 0.25) is 17.7 Å². The van der Waals surface area contributed by atoms with Crippen LogP contribution in [0, 0.1) is 23.7 Å². The van der Waals surface area contributed by atoms with Crippen LogP contribution in [0.5, 0.6) is 0 Å². The van der Waals surface area contributed by atoms with Gasteiger partial charge in [-0.2, -0.15) is 0 Å². The van der Waals surface area contributed by atoms with Crippen molar-refractivity contribution < 1.29 is 43.7 Å². The molecule has 0 unspecified atom stereocenters. The zero-order valence-electron chi connectivity index (χ0n) is 47.3. The number of hydrogen-bond donors (Lipinski definition) is 7. The second-order valence-corrected chi connectivity index (χ2v) is 27.7. The Labute approximate surface area is 518 Å². The van der Waals surface area contributed by atoms with Crippen molar-refractivity contribution in [3.63, 3.8) is 0 Å². The summed E-state index contributed by atoms with van der Waals surface area (Å²) in [7, 11) is 3.07. The molecule has 4 aliphatic rings. The average molecular weight is 1270 g/mol. The molecule has 0 spiro atoms. The number of methoxy groups -OCH3 is 1. The molecular weight excluding hydrogens is 1210 g/mol. The van der Waals surface area contributed by atoms with E-state index in [4.69, 9.17) is 39.6 Å². The van der Waals surface area contributed by atoms with Crippen LogP contribution in [0.1, 0.15) is 146 Å². The number of anilines is 1. The van der Waals surface area contributed by atoms with Crippen LogP contribution in [-0.2, 0) is 30.5 Å². The van der Waals surface area contributed by atoms with Crippen LogP contribution in [0.25, 0.3) is 49.1 Å². The first-order chi connectivity index (χ1) is 41.3. The molecule has 8 aromatic rings. The molecule has 1 aromatic carbocycles. The first-order valence-electron chi connectivity index (χ1n) is 27.7. The van der Waals surface area contributed by atoms with Crippen molar-refractivity contribution in [2.24, 2.45) is 16.7 Å². The Morgan fingerprint density at radius 1 is 0.744 bits per heavy atom. The minimum absolute atomic E-state index is 0.0455. The number of nitrogens with one attached hydrogen (secondary N) is 5. The van der Waals surface area contributed by atoms with Gasteiger partial charge in [-0.1, -0.05) is 50.8 Å². The maximum Gasteiger partial charge on any atom is 0.309 e. The smallest absolute Gasteiger partial charge is 0.309 e. The number of aliphatic carboxylic acids is 1. The third kappa shape index (κ3) is 12.3. The summed E-state index contributed by atoms with van der Waals surface area (Å²) in [6, 6.07) is 10.6. The summed E-state index contributed by atoms with van der Waals surface area (Å²) >= 11 is 7.64. The second kappa shape index (κ2) is 25.2. The fraction of sp³-hybridized carbons (Fsp3) is 0.373. The molecule has 21 nitrogen and oxygen atoms in total. The number of aliphatic hydroxyl groups is 1. The number of Topliss-reactive ketones (excluding diaryl/α,β-unsaturated/α-hetero) is 1. The Bertz CT molecular complexity index is 3890. The van der Waals surface area contributed by atoms with Crippen molar-refractivity contribution in [3.05, 3.63) is 118 Å². The predicted molar refractivity (Wildman–Crippen MR) is 332 cm³/mol. The van der Waals surface area contributed by atoms with Crippen LogP contribution < -0.4 is 26.6 Å². The highest BCUT2D eigenvalue weighted by atomic mass is 32.1. The summed E-state index contributed by atoms with van der Waals surface area (Å²) in [5, 5.41) is 46.6. The molecule has 3 saturated carbocycles. The van der Waals surface area contributed by atoms with E-state index in [0.717, 1.165) is 4.88 Å². The fourth-order valence-corrected chi connectivity index (χ4v) is 16.7. The minimum atomic E-state index is -1.21. The maximum atomic E-state index is 14.4. The van der Waals surface area contributed by atoms with Gasteiger partial charge >= 0.3 is 5.97 Å². The summed E-state index contributed by atoms with van der Waals surface area (Å²) < 4.78 is 5.59. The van der Waals surface area contributed by atoms with Crippen LogP contribution >= 0.6 is 68.0 Å². The second-order valence-electron chi connectivity index (χ2n) is 21.9. The molecule has 3 fully saturated rings. The molecule has 7 aromatic heterocycles. The highest BCUT2D eigenvalue weighted by Gasteiger charge is 2.55. The number of carbonyl (C=O) groups excluding carboxylic acids is 5. The molecule has 3 aliphatic carbocycles. The van der Waals surface area contributed by atoms with E-state index in [0.29, 0.717) is 125 Å². The standard InChI is InChI=1S/C59H60N12O9S6/c1-28(2)33-20-39(72)45-30(4)85-54(71-45)35(21-42(73)60-5)63-49(76)37-25-81-50(65-37)32-12-13-34(52-67-41(27-84-52)68-56(77)58-14-17-59(18-15-58,19-16-58)57(78)79)62-46(32)36-24-82-53(64-36)38-26-83-55(66-38)47(48(75)31-10-8-7-9-11-31)69-43(74)22-61-29(3)44-40(23-80-6)86-51(33)70-44/h7-13,24-28,33,35,47-48,61,75H,3,14-23H2,1-2,4-6H3,(H,60,73)(H,63,76)(H,68,77)(H,69,74)(H,78,79)/t33-,35+,47+,48+,58?,59?/m1/s1. The van der Waals surface area contributed by atoms with Gasteiger partial charge in [0, 0.05) is 63.9 Å². The van der Waals surface area contributed by atoms with Crippen molar-refractivity contribution in [3.8, 4) is 43.4 Å². The Morgan fingerprint density at radius 3 is 2.14 bits per heavy atom. The van der Waals surface area contributed by atoms with E-state index in [-0.39, 0.29) is 66.8 Å². The number of fused-ring (bicyclic) bond motifs is 17. The summed E-state index contributed by atoms with van der Waals surface area (Å²) in [4.78, 5) is 118. The number of carboxylic acid groups (broad SMARTS) is 1. The van der Waals surface area contributed by atoms with Gasteiger partial charge in [-0.3, -0.25) is 28.8 Å². The van der Waals surface area contributed by atoms with Gasteiger partial charge in [-0.15, -0.1) is 68.0 Å². The summed E-state index contributed by atoms with van der Waals surface area (Å²) in [5.74, 6) is -2.69. The lowest BCUT2D eigenvalue weighted by Crippen LogP contribution is -2.50. The van der Waals surface area contributed by atoms with Crippen LogP contribution in [0.15, 0.2) is 70.6 Å². The third-order valence-electron chi connectivity index (χ3n) is 16.2. The van der Waals surface area contributed by atoms with Gasteiger partial charge < -0.3 is 41.5 Å². The Balaban J connectivity index is 0.964. The number of aliphatic hydroxyl groups excluding tert-OH is 1. The van der Waals surface area contributed by atoms with Crippen molar-refractivity contribution in [1.82, 2.24) is 56.2 Å². The quantitative estimate of drug-likeness (QED) is 0.0633. The molecule has 12 bridgehead atoms. The van der Waals surface area contributed by atoms with E-state index in [1.165, 1.54) is 75.1 Å². The number of hydrogen-bond acceptors (Lipinski definition) is 22. The first-order valence-corrected chi connectivity index (χ1v) is 32.8. The number of carboxylic acids is 1. The number of ketones is 1. The molecule has 4 amide bonds. The SMILES string of the molecule is C=C1NCC(=O)N[C@@H]([C@@H](O)c2ccccc2)c2nc(cs2)-c2nc(cs2)-c2nc(-c3nc(NC(=O)C45CCC(C(=O)O)(CC4)CC5)cs3)ccc2-c2nc(cs2)C(=O)N[C@@H](CC(=O)NC)c2nc(c(C)s2)C(=O)C[C@H](C(C)C)c2nc1c(COC)s2. The fourth-order valence-electron chi connectivity index (χ4n) is 11.1. The molecular formula is C59H60N12O9S6. The molecule has 7 N–H and O–H groups in total. The van der Waals surface area contributed by atoms with Gasteiger partial charge in [0.1, 0.15) is 77.2 Å². The van der Waals surface area contributed by atoms with E-state index in [1.807, 2.05) is 31.4 Å². The monoisotopic (exact) mass is 1270 g/mol. The van der Waals surface area contributed by atoms with Crippen LogP contribution in [-0.4, -0.2) is 101 Å². The van der Waals surface area contributed by atoms with E-state index in [1.54, 1.807) is 60.5 Å². The van der Waals surface area contributed by atoms with Gasteiger partial charge in [-0.05, 0) is 69.1 Å². The normalized spacial score (nSPS) is 21.3. The highest BCUT2D eigenvalue weighted by Crippen LogP contribution is 2.57. The number of aromatic nitrogens is 7. The lowest BCUT2D eigenvalue weighted by molar-refractivity contribution is -0.162. The number of rotatable bonds is 11. The van der Waals surface area contributed by atoms with Crippen molar-refractivity contribution in [1.29, 1.82) is 0 Å².